The van der Waals surface area contributed by atoms with E-state index in [1.165, 1.54) is 0 Å². The Balaban J connectivity index is 3.59. The minimum atomic E-state index is -2.87. The van der Waals surface area contributed by atoms with Gasteiger partial charge in [-0.1, -0.05) is 19.3 Å². The molecule has 0 radical (unpaired) electrons. The fraction of sp³-hybridized carbons (Fsp3) is 0.929. The SMILES string of the molecule is CCOC(=O)CCCCCCCP(=O)(OCC)OCC. The van der Waals surface area contributed by atoms with Crippen LogP contribution in [0.2, 0.25) is 0 Å². The van der Waals surface area contributed by atoms with E-state index < -0.39 is 7.60 Å². The van der Waals surface area contributed by atoms with Gasteiger partial charge in [-0.2, -0.15) is 0 Å². The fourth-order valence-electron chi connectivity index (χ4n) is 1.90. The molecular weight excluding hydrogens is 279 g/mol. The molecule has 0 saturated carbocycles. The molecule has 0 unspecified atom stereocenters. The van der Waals surface area contributed by atoms with Crippen molar-refractivity contribution in [3.05, 3.63) is 0 Å². The van der Waals surface area contributed by atoms with Gasteiger partial charge >= 0.3 is 13.6 Å². The number of carbonyl (C=O) groups is 1. The summed E-state index contributed by atoms with van der Waals surface area (Å²) in [5.74, 6) is -0.121. The summed E-state index contributed by atoms with van der Waals surface area (Å²) >= 11 is 0. The highest BCUT2D eigenvalue weighted by molar-refractivity contribution is 7.53. The van der Waals surface area contributed by atoms with Gasteiger partial charge in [0.15, 0.2) is 0 Å². The molecule has 0 aliphatic heterocycles. The second kappa shape index (κ2) is 12.4. The molecule has 0 fully saturated rings. The Hall–Kier alpha value is -0.380. The maximum Gasteiger partial charge on any atom is 0.330 e. The summed E-state index contributed by atoms with van der Waals surface area (Å²) in [7, 11) is -2.87. The molecule has 0 aromatic heterocycles. The molecule has 0 atom stereocenters. The summed E-state index contributed by atoms with van der Waals surface area (Å²) in [5, 5.41) is 0. The van der Waals surface area contributed by atoms with Crippen molar-refractivity contribution < 1.29 is 23.1 Å². The molecule has 0 spiro atoms. The molecule has 0 aliphatic carbocycles. The van der Waals surface area contributed by atoms with Crippen molar-refractivity contribution in [2.45, 2.75) is 59.3 Å². The van der Waals surface area contributed by atoms with E-state index in [9.17, 15) is 9.36 Å². The minimum Gasteiger partial charge on any atom is -0.466 e. The zero-order valence-electron chi connectivity index (χ0n) is 13.1. The molecule has 0 heterocycles. The summed E-state index contributed by atoms with van der Waals surface area (Å²) in [4.78, 5) is 11.1. The van der Waals surface area contributed by atoms with Crippen LogP contribution in [0, 0.1) is 0 Å². The molecule has 0 aliphatic rings. The highest BCUT2D eigenvalue weighted by Crippen LogP contribution is 2.48. The van der Waals surface area contributed by atoms with E-state index in [2.05, 4.69) is 0 Å². The van der Waals surface area contributed by atoms with Crippen LogP contribution in [0.15, 0.2) is 0 Å². The Morgan fingerprint density at radius 1 is 0.850 bits per heavy atom. The standard InChI is InChI=1S/C14H29O5P/c1-4-17-14(15)12-10-8-7-9-11-13-20(16,18-5-2)19-6-3/h4-13H2,1-3H3. The van der Waals surface area contributed by atoms with E-state index in [0.717, 1.165) is 32.1 Å². The predicted octanol–water partition coefficient (Wildman–Crippen LogP) is 4.16. The van der Waals surface area contributed by atoms with E-state index in [-0.39, 0.29) is 5.97 Å². The van der Waals surface area contributed by atoms with Gasteiger partial charge in [-0.05, 0) is 33.6 Å². The molecule has 6 heteroatoms. The second-order valence-corrected chi connectivity index (χ2v) is 6.68. The average molecular weight is 308 g/mol. The highest BCUT2D eigenvalue weighted by atomic mass is 31.2. The third kappa shape index (κ3) is 10.4. The number of carbonyl (C=O) groups excluding carboxylic acids is 1. The van der Waals surface area contributed by atoms with Crippen molar-refractivity contribution in [2.75, 3.05) is 26.0 Å². The van der Waals surface area contributed by atoms with E-state index in [1.807, 2.05) is 20.8 Å². The van der Waals surface area contributed by atoms with Crippen LogP contribution < -0.4 is 0 Å². The fourth-order valence-corrected chi connectivity index (χ4v) is 3.63. The summed E-state index contributed by atoms with van der Waals surface area (Å²) in [5.41, 5.74) is 0. The number of rotatable bonds is 13. The smallest absolute Gasteiger partial charge is 0.330 e. The monoisotopic (exact) mass is 308 g/mol. The van der Waals surface area contributed by atoms with Crippen molar-refractivity contribution >= 4 is 13.6 Å². The van der Waals surface area contributed by atoms with Gasteiger partial charge in [-0.15, -0.1) is 0 Å². The first-order chi connectivity index (χ1) is 9.58. The van der Waals surface area contributed by atoms with Gasteiger partial charge in [-0.3, -0.25) is 9.36 Å². The molecule has 5 nitrogen and oxygen atoms in total. The Bertz CT molecular complexity index is 283. The molecular formula is C14H29O5P. The van der Waals surface area contributed by atoms with Gasteiger partial charge in [0.2, 0.25) is 0 Å². The topological polar surface area (TPSA) is 61.8 Å². The lowest BCUT2D eigenvalue weighted by molar-refractivity contribution is -0.143. The average Bonchev–Trinajstić information content (AvgIpc) is 2.38. The van der Waals surface area contributed by atoms with Crippen LogP contribution in [0.3, 0.4) is 0 Å². The lowest BCUT2D eigenvalue weighted by atomic mass is 10.1. The van der Waals surface area contributed by atoms with E-state index in [0.29, 0.717) is 32.4 Å². The Kier molecular flexibility index (Phi) is 12.1. The Morgan fingerprint density at radius 2 is 1.40 bits per heavy atom. The Labute approximate surface area is 122 Å². The van der Waals surface area contributed by atoms with Crippen LogP contribution in [0.25, 0.3) is 0 Å². The van der Waals surface area contributed by atoms with Crippen molar-refractivity contribution in [2.24, 2.45) is 0 Å². The molecule has 0 rings (SSSR count). The molecule has 0 aromatic carbocycles. The van der Waals surface area contributed by atoms with E-state index in [4.69, 9.17) is 13.8 Å². The normalized spacial score (nSPS) is 11.6. The number of esters is 1. The van der Waals surface area contributed by atoms with Crippen molar-refractivity contribution in [1.29, 1.82) is 0 Å². The van der Waals surface area contributed by atoms with Crippen LogP contribution in [-0.2, 0) is 23.1 Å². The lowest BCUT2D eigenvalue weighted by Gasteiger charge is -2.16. The number of unbranched alkanes of at least 4 members (excludes halogenated alkanes) is 4. The molecule has 0 saturated heterocycles. The molecule has 0 amide bonds. The maximum absolute atomic E-state index is 12.2. The van der Waals surface area contributed by atoms with Gasteiger partial charge < -0.3 is 13.8 Å². The van der Waals surface area contributed by atoms with Crippen LogP contribution in [0.4, 0.5) is 0 Å². The number of ether oxygens (including phenoxy) is 1. The molecule has 0 N–H and O–H groups in total. The summed E-state index contributed by atoms with van der Waals surface area (Å²) in [6.45, 7) is 6.73. The quantitative estimate of drug-likeness (QED) is 0.290. The largest absolute Gasteiger partial charge is 0.466 e. The third-order valence-corrected chi connectivity index (χ3v) is 4.94. The van der Waals surface area contributed by atoms with Gasteiger partial charge in [0.1, 0.15) is 0 Å². The van der Waals surface area contributed by atoms with Crippen molar-refractivity contribution in [3.8, 4) is 0 Å². The summed E-state index contributed by atoms with van der Waals surface area (Å²) < 4.78 is 27.5. The first-order valence-electron chi connectivity index (χ1n) is 7.61. The van der Waals surface area contributed by atoms with Crippen LogP contribution in [-0.4, -0.2) is 32.0 Å². The van der Waals surface area contributed by atoms with Gasteiger partial charge in [0, 0.05) is 6.42 Å². The van der Waals surface area contributed by atoms with Gasteiger partial charge in [0.25, 0.3) is 0 Å². The Morgan fingerprint density at radius 3 is 1.95 bits per heavy atom. The van der Waals surface area contributed by atoms with Crippen molar-refractivity contribution in [3.63, 3.8) is 0 Å². The van der Waals surface area contributed by atoms with Crippen LogP contribution in [0.1, 0.15) is 59.3 Å². The van der Waals surface area contributed by atoms with E-state index >= 15 is 0 Å². The first-order valence-corrected chi connectivity index (χ1v) is 9.34. The third-order valence-electron chi connectivity index (χ3n) is 2.77. The minimum absolute atomic E-state index is 0.121. The van der Waals surface area contributed by atoms with Gasteiger partial charge in [0.05, 0.1) is 26.0 Å². The number of hydrogen-bond acceptors (Lipinski definition) is 5. The molecule has 0 aromatic rings. The van der Waals surface area contributed by atoms with E-state index in [1.54, 1.807) is 0 Å². The van der Waals surface area contributed by atoms with Crippen molar-refractivity contribution in [1.82, 2.24) is 0 Å². The molecule has 0 bridgehead atoms. The first kappa shape index (κ1) is 19.6. The summed E-state index contributed by atoms with van der Waals surface area (Å²) in [6.07, 6.45) is 5.65. The van der Waals surface area contributed by atoms with Crippen LogP contribution >= 0.6 is 7.60 Å². The molecule has 120 valence electrons. The second-order valence-electron chi connectivity index (χ2n) is 4.49. The zero-order valence-corrected chi connectivity index (χ0v) is 14.0. The maximum atomic E-state index is 12.2. The van der Waals surface area contributed by atoms with Gasteiger partial charge in [-0.25, -0.2) is 0 Å². The molecule has 20 heavy (non-hydrogen) atoms. The zero-order chi connectivity index (χ0) is 15.3. The lowest BCUT2D eigenvalue weighted by Crippen LogP contribution is -2.03. The summed E-state index contributed by atoms with van der Waals surface area (Å²) in [6, 6.07) is 0. The predicted molar refractivity (Wildman–Crippen MR) is 80.1 cm³/mol. The van der Waals surface area contributed by atoms with Crippen LogP contribution in [0.5, 0.6) is 0 Å². The highest BCUT2D eigenvalue weighted by Gasteiger charge is 2.22. The number of hydrogen-bond donors (Lipinski definition) is 0.